The molecule has 2 aromatic rings. The summed E-state index contributed by atoms with van der Waals surface area (Å²) in [5, 5.41) is 3.27. The second-order valence-corrected chi connectivity index (χ2v) is 12.4. The Morgan fingerprint density at radius 2 is 1.97 bits per heavy atom. The number of nitrogens with zero attached hydrogens (tertiary/aromatic N) is 3. The van der Waals surface area contributed by atoms with Crippen LogP contribution < -0.4 is 15.0 Å². The van der Waals surface area contributed by atoms with Crippen LogP contribution in [0.5, 0.6) is 5.06 Å². The van der Waals surface area contributed by atoms with Crippen molar-refractivity contribution in [3.63, 3.8) is 0 Å². The zero-order valence-corrected chi connectivity index (χ0v) is 24.8. The maximum absolute atomic E-state index is 13.6. The lowest BCUT2D eigenvalue weighted by Crippen LogP contribution is -2.45. The number of rotatable bonds is 9. The standard InChI is InChI=1S/C28H37BrN4O4S/c1-4-31(5-2)15-13-21-8-6-7-14-32(21)27(35)23-10-9-22(16-19(23)3)33-18-20(17-25(33)34)30-28(36)37-26-12-11-24(29)38-26/h9-12,16,20-21H,4-8,13-15,17-18H2,1-3H3,(H,30,36). The first-order chi connectivity index (χ1) is 18.3. The van der Waals surface area contributed by atoms with Crippen LogP contribution in [0.3, 0.4) is 0 Å². The number of ether oxygens (including phenoxy) is 1. The molecule has 38 heavy (non-hydrogen) atoms. The zero-order valence-electron chi connectivity index (χ0n) is 22.4. The second-order valence-electron chi connectivity index (χ2n) is 9.96. The SMILES string of the molecule is CCN(CC)CCC1CCCCN1C(=O)c1ccc(N2CC(NC(=O)Oc3ccc(Br)s3)CC2=O)cc1C. The zero-order chi connectivity index (χ0) is 27.2. The molecule has 0 aliphatic carbocycles. The third-order valence-electron chi connectivity index (χ3n) is 7.50. The van der Waals surface area contributed by atoms with Gasteiger partial charge in [-0.2, -0.15) is 0 Å². The van der Waals surface area contributed by atoms with Gasteiger partial charge in [-0.3, -0.25) is 9.59 Å². The Balaban J connectivity index is 1.38. The van der Waals surface area contributed by atoms with E-state index in [2.05, 4.69) is 44.9 Å². The van der Waals surface area contributed by atoms with Gasteiger partial charge < -0.3 is 24.8 Å². The van der Waals surface area contributed by atoms with Gasteiger partial charge in [-0.1, -0.05) is 25.2 Å². The normalized spacial score (nSPS) is 19.8. The van der Waals surface area contributed by atoms with Gasteiger partial charge in [0, 0.05) is 43.3 Å². The molecule has 4 rings (SSSR count). The van der Waals surface area contributed by atoms with E-state index in [1.807, 2.05) is 31.2 Å². The van der Waals surface area contributed by atoms with Gasteiger partial charge in [0.2, 0.25) is 5.91 Å². The molecule has 2 atom stereocenters. The Morgan fingerprint density at radius 1 is 1.18 bits per heavy atom. The van der Waals surface area contributed by atoms with Crippen LogP contribution in [0.2, 0.25) is 0 Å². The Hall–Kier alpha value is -2.43. The summed E-state index contributed by atoms with van der Waals surface area (Å²) in [5.41, 5.74) is 2.28. The molecule has 2 unspecified atom stereocenters. The lowest BCUT2D eigenvalue weighted by molar-refractivity contribution is -0.117. The van der Waals surface area contributed by atoms with Gasteiger partial charge in [-0.05, 0) is 97.5 Å². The van der Waals surface area contributed by atoms with Gasteiger partial charge in [-0.25, -0.2) is 4.79 Å². The topological polar surface area (TPSA) is 82.2 Å². The van der Waals surface area contributed by atoms with Crippen molar-refractivity contribution in [2.75, 3.05) is 37.6 Å². The molecule has 206 valence electrons. The first-order valence-corrected chi connectivity index (χ1v) is 15.1. The van der Waals surface area contributed by atoms with Crippen molar-refractivity contribution in [2.45, 2.75) is 65.0 Å². The van der Waals surface area contributed by atoms with Crippen LogP contribution in [0.15, 0.2) is 34.1 Å². The molecule has 2 fully saturated rings. The number of hydrogen-bond acceptors (Lipinski definition) is 6. The van der Waals surface area contributed by atoms with Gasteiger partial charge >= 0.3 is 6.09 Å². The molecule has 3 amide bonds. The highest BCUT2D eigenvalue weighted by molar-refractivity contribution is 9.11. The Kier molecular flexibility index (Phi) is 9.84. The molecule has 2 aliphatic heterocycles. The molecular formula is C28H37BrN4O4S. The number of carbonyl (C=O) groups excluding carboxylic acids is 3. The number of likely N-dealkylation sites (tertiary alicyclic amines) is 1. The van der Waals surface area contributed by atoms with Gasteiger partial charge in [0.05, 0.1) is 9.83 Å². The molecule has 10 heteroatoms. The van der Waals surface area contributed by atoms with E-state index in [1.54, 1.807) is 11.0 Å². The van der Waals surface area contributed by atoms with E-state index < -0.39 is 6.09 Å². The second kappa shape index (κ2) is 13.1. The number of nitrogens with one attached hydrogen (secondary N) is 1. The maximum atomic E-state index is 13.6. The molecule has 1 aromatic heterocycles. The fourth-order valence-electron chi connectivity index (χ4n) is 5.34. The number of aryl methyl sites for hydroxylation is 1. The van der Waals surface area contributed by atoms with Gasteiger partial charge in [0.15, 0.2) is 5.06 Å². The third-order valence-corrected chi connectivity index (χ3v) is 9.00. The lowest BCUT2D eigenvalue weighted by Gasteiger charge is -2.37. The summed E-state index contributed by atoms with van der Waals surface area (Å²) in [6, 6.07) is 9.03. The van der Waals surface area contributed by atoms with E-state index in [9.17, 15) is 14.4 Å². The third kappa shape index (κ3) is 6.95. The number of benzene rings is 1. The first-order valence-electron chi connectivity index (χ1n) is 13.5. The Bertz CT molecular complexity index is 1150. The van der Waals surface area contributed by atoms with E-state index in [0.717, 1.165) is 66.9 Å². The minimum atomic E-state index is -0.576. The van der Waals surface area contributed by atoms with Crippen LogP contribution in [0, 0.1) is 6.92 Å². The minimum Gasteiger partial charge on any atom is -0.399 e. The number of amides is 3. The summed E-state index contributed by atoms with van der Waals surface area (Å²) in [6.07, 6.45) is 3.86. The lowest BCUT2D eigenvalue weighted by atomic mass is 9.96. The number of piperidine rings is 1. The average Bonchev–Trinajstić information content (AvgIpc) is 3.48. The quantitative estimate of drug-likeness (QED) is 0.412. The molecule has 0 saturated carbocycles. The van der Waals surface area contributed by atoms with Crippen LogP contribution in [-0.4, -0.2) is 72.5 Å². The van der Waals surface area contributed by atoms with Crippen LogP contribution >= 0.6 is 27.3 Å². The van der Waals surface area contributed by atoms with E-state index in [0.29, 0.717) is 17.2 Å². The molecule has 1 N–H and O–H groups in total. The highest BCUT2D eigenvalue weighted by Crippen LogP contribution is 2.30. The van der Waals surface area contributed by atoms with Gasteiger partial charge in [0.25, 0.3) is 5.91 Å². The van der Waals surface area contributed by atoms with Crippen LogP contribution in [-0.2, 0) is 4.79 Å². The summed E-state index contributed by atoms with van der Waals surface area (Å²) in [6.45, 7) is 10.5. The van der Waals surface area contributed by atoms with Crippen molar-refractivity contribution in [3.05, 3.63) is 45.2 Å². The molecule has 8 nitrogen and oxygen atoms in total. The van der Waals surface area contributed by atoms with Crippen molar-refractivity contribution in [3.8, 4) is 5.06 Å². The fraction of sp³-hybridized carbons (Fsp3) is 0.536. The fourth-order valence-corrected chi connectivity index (χ4v) is 6.54. The van der Waals surface area contributed by atoms with Gasteiger partial charge in [0.1, 0.15) is 0 Å². The first kappa shape index (κ1) is 28.6. The molecule has 3 heterocycles. The van der Waals surface area contributed by atoms with Crippen molar-refractivity contribution < 1.29 is 19.1 Å². The number of hydrogen-bond donors (Lipinski definition) is 1. The van der Waals surface area contributed by atoms with E-state index in [4.69, 9.17) is 4.74 Å². The summed E-state index contributed by atoms with van der Waals surface area (Å²) in [5.74, 6) is 0.00805. The summed E-state index contributed by atoms with van der Waals surface area (Å²) >= 11 is 4.66. The van der Waals surface area contributed by atoms with Gasteiger partial charge in [-0.15, -0.1) is 0 Å². The smallest absolute Gasteiger partial charge is 0.399 e. The summed E-state index contributed by atoms with van der Waals surface area (Å²) in [7, 11) is 0. The molecule has 0 bridgehead atoms. The van der Waals surface area contributed by atoms with Crippen LogP contribution in [0.25, 0.3) is 0 Å². The molecule has 2 saturated heterocycles. The highest BCUT2D eigenvalue weighted by Gasteiger charge is 2.33. The van der Waals surface area contributed by atoms with Crippen molar-refractivity contribution in [2.24, 2.45) is 0 Å². The van der Waals surface area contributed by atoms with E-state index >= 15 is 0 Å². The minimum absolute atomic E-state index is 0.0693. The number of halogens is 1. The van der Waals surface area contributed by atoms with Crippen LogP contribution in [0.1, 0.15) is 61.9 Å². The Labute approximate surface area is 237 Å². The van der Waals surface area contributed by atoms with Crippen molar-refractivity contribution >= 4 is 50.9 Å². The van der Waals surface area contributed by atoms with Crippen molar-refractivity contribution in [1.82, 2.24) is 15.1 Å². The maximum Gasteiger partial charge on any atom is 0.413 e. The number of carbonyl (C=O) groups is 3. The van der Waals surface area contributed by atoms with Crippen LogP contribution in [0.4, 0.5) is 10.5 Å². The summed E-state index contributed by atoms with van der Waals surface area (Å²) < 4.78 is 6.18. The monoisotopic (exact) mass is 604 g/mol. The Morgan fingerprint density at radius 3 is 2.66 bits per heavy atom. The number of anilines is 1. The number of thiophene rings is 1. The molecule has 2 aliphatic rings. The predicted molar refractivity (Wildman–Crippen MR) is 154 cm³/mol. The largest absolute Gasteiger partial charge is 0.413 e. The molecule has 0 spiro atoms. The highest BCUT2D eigenvalue weighted by atomic mass is 79.9. The molecule has 1 aromatic carbocycles. The van der Waals surface area contributed by atoms with E-state index in [1.165, 1.54) is 11.3 Å². The van der Waals surface area contributed by atoms with E-state index in [-0.39, 0.29) is 30.3 Å². The summed E-state index contributed by atoms with van der Waals surface area (Å²) in [4.78, 5) is 44.8. The predicted octanol–water partition coefficient (Wildman–Crippen LogP) is 5.44. The molecular weight excluding hydrogens is 568 g/mol. The van der Waals surface area contributed by atoms with Crippen molar-refractivity contribution in [1.29, 1.82) is 0 Å². The molecule has 0 radical (unpaired) electrons. The average molecular weight is 606 g/mol.